The first-order chi connectivity index (χ1) is 6.86. The molecule has 0 unspecified atom stereocenters. The number of hydrogen-bond acceptors (Lipinski definition) is 2. The molecule has 2 heteroatoms. The van der Waals surface area contributed by atoms with Crippen molar-refractivity contribution in [1.29, 1.82) is 0 Å². The summed E-state index contributed by atoms with van der Waals surface area (Å²) in [6, 6.07) is 6.00. The highest BCUT2D eigenvalue weighted by atomic mass is 14.8. The topological polar surface area (TPSA) is 38.9 Å². The van der Waals surface area contributed by atoms with Crippen LogP contribution in [0.4, 0.5) is 5.82 Å². The fourth-order valence-corrected chi connectivity index (χ4v) is 2.27. The van der Waals surface area contributed by atoms with Crippen LogP contribution in [-0.2, 0) is 0 Å². The lowest BCUT2D eigenvalue weighted by Gasteiger charge is -2.13. The largest absolute Gasteiger partial charge is 0.384 e. The number of nitrogens with two attached hydrogens (primary N) is 1. The van der Waals surface area contributed by atoms with E-state index < -0.39 is 0 Å². The van der Waals surface area contributed by atoms with Crippen molar-refractivity contribution in [2.75, 3.05) is 5.73 Å². The molecular weight excluding hydrogens is 172 g/mol. The minimum absolute atomic E-state index is 0.654. The highest BCUT2D eigenvalue weighted by molar-refractivity contribution is 5.30. The van der Waals surface area contributed by atoms with Gasteiger partial charge in [0, 0.05) is 11.6 Å². The molecule has 1 aromatic heterocycles. The van der Waals surface area contributed by atoms with Gasteiger partial charge in [0.25, 0.3) is 0 Å². The van der Waals surface area contributed by atoms with Crippen LogP contribution in [0.1, 0.15) is 50.1 Å². The minimum atomic E-state index is 0.654. The Morgan fingerprint density at radius 3 is 2.43 bits per heavy atom. The minimum Gasteiger partial charge on any atom is -0.384 e. The van der Waals surface area contributed by atoms with Crippen LogP contribution in [0.15, 0.2) is 18.2 Å². The van der Waals surface area contributed by atoms with Gasteiger partial charge in [-0.3, -0.25) is 0 Å². The maximum atomic E-state index is 5.69. The zero-order valence-corrected chi connectivity index (χ0v) is 8.58. The fraction of sp³-hybridized carbons (Fsp3) is 0.583. The van der Waals surface area contributed by atoms with Crippen molar-refractivity contribution in [3.63, 3.8) is 0 Å². The van der Waals surface area contributed by atoms with E-state index in [9.17, 15) is 0 Å². The van der Waals surface area contributed by atoms with Crippen molar-refractivity contribution in [3.05, 3.63) is 23.9 Å². The SMILES string of the molecule is Nc1cccc(C2CCCCCC2)n1. The Balaban J connectivity index is 2.12. The normalized spacial score (nSPS) is 19.1. The fourth-order valence-electron chi connectivity index (χ4n) is 2.27. The van der Waals surface area contributed by atoms with Gasteiger partial charge in [0.2, 0.25) is 0 Å². The molecule has 0 bridgehead atoms. The molecule has 0 atom stereocenters. The van der Waals surface area contributed by atoms with Crippen LogP contribution >= 0.6 is 0 Å². The molecule has 1 heterocycles. The number of nitrogens with zero attached hydrogens (tertiary/aromatic N) is 1. The van der Waals surface area contributed by atoms with E-state index in [1.54, 1.807) is 0 Å². The Labute approximate surface area is 85.5 Å². The van der Waals surface area contributed by atoms with Crippen molar-refractivity contribution in [1.82, 2.24) is 4.98 Å². The van der Waals surface area contributed by atoms with Crippen molar-refractivity contribution in [2.24, 2.45) is 0 Å². The average Bonchev–Trinajstić information content (AvgIpc) is 2.45. The Morgan fingerprint density at radius 2 is 1.79 bits per heavy atom. The molecule has 0 radical (unpaired) electrons. The van der Waals surface area contributed by atoms with Crippen LogP contribution in [0.2, 0.25) is 0 Å². The second-order valence-electron chi connectivity index (χ2n) is 4.18. The lowest BCUT2D eigenvalue weighted by atomic mass is 9.96. The number of aromatic nitrogens is 1. The Hall–Kier alpha value is -1.05. The van der Waals surface area contributed by atoms with E-state index in [4.69, 9.17) is 5.73 Å². The van der Waals surface area contributed by atoms with Gasteiger partial charge in [-0.15, -0.1) is 0 Å². The third-order valence-corrected chi connectivity index (χ3v) is 3.07. The van der Waals surface area contributed by atoms with Gasteiger partial charge in [-0.1, -0.05) is 31.7 Å². The number of pyridine rings is 1. The first-order valence-corrected chi connectivity index (χ1v) is 5.59. The van der Waals surface area contributed by atoms with Gasteiger partial charge < -0.3 is 5.73 Å². The van der Waals surface area contributed by atoms with Crippen molar-refractivity contribution in [3.8, 4) is 0 Å². The van der Waals surface area contributed by atoms with Crippen molar-refractivity contribution >= 4 is 5.82 Å². The zero-order chi connectivity index (χ0) is 9.80. The number of rotatable bonds is 1. The molecular formula is C12H18N2. The monoisotopic (exact) mass is 190 g/mol. The molecule has 0 amide bonds. The summed E-state index contributed by atoms with van der Waals surface area (Å²) in [5.74, 6) is 1.31. The van der Waals surface area contributed by atoms with E-state index in [1.165, 1.54) is 44.2 Å². The third kappa shape index (κ3) is 2.25. The average molecular weight is 190 g/mol. The molecule has 2 rings (SSSR count). The number of nitrogen functional groups attached to an aromatic ring is 1. The standard InChI is InChI=1S/C12H18N2/c13-12-9-5-8-11(14-12)10-6-3-1-2-4-7-10/h5,8-10H,1-4,6-7H2,(H2,13,14). The number of hydrogen-bond donors (Lipinski definition) is 1. The van der Waals surface area contributed by atoms with Crippen LogP contribution < -0.4 is 5.73 Å². The maximum absolute atomic E-state index is 5.69. The van der Waals surface area contributed by atoms with Gasteiger partial charge in [0.1, 0.15) is 5.82 Å². The van der Waals surface area contributed by atoms with Gasteiger partial charge in [-0.05, 0) is 25.0 Å². The second kappa shape index (κ2) is 4.45. The molecule has 0 saturated heterocycles. The molecule has 1 aromatic rings. The van der Waals surface area contributed by atoms with Gasteiger partial charge in [-0.2, -0.15) is 0 Å². The van der Waals surface area contributed by atoms with Gasteiger partial charge in [0.15, 0.2) is 0 Å². The van der Waals surface area contributed by atoms with Crippen LogP contribution in [0.25, 0.3) is 0 Å². The van der Waals surface area contributed by atoms with Crippen LogP contribution in [0.3, 0.4) is 0 Å². The molecule has 1 aliphatic carbocycles. The van der Waals surface area contributed by atoms with Crippen LogP contribution in [0.5, 0.6) is 0 Å². The number of anilines is 1. The van der Waals surface area contributed by atoms with E-state index in [-0.39, 0.29) is 0 Å². The van der Waals surface area contributed by atoms with Gasteiger partial charge >= 0.3 is 0 Å². The lowest BCUT2D eigenvalue weighted by Crippen LogP contribution is -2.02. The molecule has 14 heavy (non-hydrogen) atoms. The third-order valence-electron chi connectivity index (χ3n) is 3.07. The second-order valence-corrected chi connectivity index (χ2v) is 4.18. The molecule has 1 saturated carbocycles. The summed E-state index contributed by atoms with van der Waals surface area (Å²) < 4.78 is 0. The van der Waals surface area contributed by atoms with E-state index >= 15 is 0 Å². The van der Waals surface area contributed by atoms with E-state index in [0.717, 1.165) is 0 Å². The summed E-state index contributed by atoms with van der Waals surface area (Å²) in [6.45, 7) is 0. The maximum Gasteiger partial charge on any atom is 0.123 e. The van der Waals surface area contributed by atoms with Gasteiger partial charge in [-0.25, -0.2) is 4.98 Å². The Morgan fingerprint density at radius 1 is 1.07 bits per heavy atom. The predicted octanol–water partition coefficient (Wildman–Crippen LogP) is 3.10. The molecule has 0 aromatic carbocycles. The first kappa shape index (κ1) is 9.50. The molecule has 1 aliphatic rings. The molecule has 0 spiro atoms. The smallest absolute Gasteiger partial charge is 0.123 e. The summed E-state index contributed by atoms with van der Waals surface area (Å²) in [4.78, 5) is 4.42. The Kier molecular flexibility index (Phi) is 3.02. The molecule has 2 N–H and O–H groups in total. The summed E-state index contributed by atoms with van der Waals surface area (Å²) in [6.07, 6.45) is 8.05. The molecule has 76 valence electrons. The van der Waals surface area contributed by atoms with Gasteiger partial charge in [0.05, 0.1) is 0 Å². The molecule has 1 fully saturated rings. The van der Waals surface area contributed by atoms with E-state index in [2.05, 4.69) is 11.1 Å². The van der Waals surface area contributed by atoms with Crippen molar-refractivity contribution < 1.29 is 0 Å². The molecule has 0 aliphatic heterocycles. The first-order valence-electron chi connectivity index (χ1n) is 5.59. The van der Waals surface area contributed by atoms with E-state index in [1.807, 2.05) is 12.1 Å². The lowest BCUT2D eigenvalue weighted by molar-refractivity contribution is 0.578. The predicted molar refractivity (Wildman–Crippen MR) is 59.1 cm³/mol. The highest BCUT2D eigenvalue weighted by Crippen LogP contribution is 2.30. The summed E-state index contributed by atoms with van der Waals surface area (Å²) in [7, 11) is 0. The molecule has 2 nitrogen and oxygen atoms in total. The quantitative estimate of drug-likeness (QED) is 0.691. The highest BCUT2D eigenvalue weighted by Gasteiger charge is 2.15. The van der Waals surface area contributed by atoms with Crippen LogP contribution in [-0.4, -0.2) is 4.98 Å². The van der Waals surface area contributed by atoms with Crippen LogP contribution in [0, 0.1) is 0 Å². The van der Waals surface area contributed by atoms with E-state index in [0.29, 0.717) is 11.7 Å². The summed E-state index contributed by atoms with van der Waals surface area (Å²) >= 11 is 0. The summed E-state index contributed by atoms with van der Waals surface area (Å²) in [5.41, 5.74) is 6.89. The zero-order valence-electron chi connectivity index (χ0n) is 8.58. The Bertz CT molecular complexity index is 288. The van der Waals surface area contributed by atoms with Crippen molar-refractivity contribution in [2.45, 2.75) is 44.4 Å². The summed E-state index contributed by atoms with van der Waals surface area (Å²) in [5, 5.41) is 0.